The Bertz CT molecular complexity index is 788. The maximum absolute atomic E-state index is 12.1. The zero-order valence-corrected chi connectivity index (χ0v) is 14.2. The predicted octanol–water partition coefficient (Wildman–Crippen LogP) is 3.39. The predicted molar refractivity (Wildman–Crippen MR) is 92.0 cm³/mol. The fraction of sp³-hybridized carbons (Fsp3) is 0.263. The van der Waals surface area contributed by atoms with Crippen LogP contribution in [0.4, 0.5) is 0 Å². The SMILES string of the molecule is CC(=O)N1CCc2cc(OCc3cccc(Cl)c3)ccc2CC1=O. The summed E-state index contributed by atoms with van der Waals surface area (Å²) in [5, 5.41) is 0.681. The van der Waals surface area contributed by atoms with E-state index in [1.807, 2.05) is 42.5 Å². The van der Waals surface area contributed by atoms with Crippen molar-refractivity contribution in [2.75, 3.05) is 6.54 Å². The third-order valence-electron chi connectivity index (χ3n) is 4.10. The highest BCUT2D eigenvalue weighted by Gasteiger charge is 2.23. The van der Waals surface area contributed by atoms with Gasteiger partial charge in [-0.3, -0.25) is 14.5 Å². The summed E-state index contributed by atoms with van der Waals surface area (Å²) in [6.45, 7) is 2.27. The van der Waals surface area contributed by atoms with Crippen LogP contribution in [0, 0.1) is 0 Å². The number of benzene rings is 2. The number of amides is 2. The molecule has 5 heteroatoms. The summed E-state index contributed by atoms with van der Waals surface area (Å²) in [6.07, 6.45) is 0.901. The second-order valence-electron chi connectivity index (χ2n) is 5.84. The zero-order valence-electron chi connectivity index (χ0n) is 13.4. The molecule has 1 aliphatic heterocycles. The second-order valence-corrected chi connectivity index (χ2v) is 6.28. The molecular weight excluding hydrogens is 326 g/mol. The van der Waals surface area contributed by atoms with Gasteiger partial charge >= 0.3 is 0 Å². The van der Waals surface area contributed by atoms with E-state index in [4.69, 9.17) is 16.3 Å². The highest BCUT2D eigenvalue weighted by Crippen LogP contribution is 2.23. The molecule has 2 aromatic rings. The van der Waals surface area contributed by atoms with Gasteiger partial charge in [-0.25, -0.2) is 0 Å². The van der Waals surface area contributed by atoms with E-state index in [1.54, 1.807) is 0 Å². The summed E-state index contributed by atoms with van der Waals surface area (Å²) in [6, 6.07) is 13.3. The number of carbonyl (C=O) groups excluding carboxylic acids is 2. The number of halogens is 1. The van der Waals surface area contributed by atoms with Crippen LogP contribution >= 0.6 is 11.6 Å². The highest BCUT2D eigenvalue weighted by molar-refractivity contribution is 6.30. The first kappa shape index (κ1) is 16.5. The molecule has 0 spiro atoms. The minimum absolute atomic E-state index is 0.145. The van der Waals surface area contributed by atoms with Gasteiger partial charge in [0.1, 0.15) is 12.4 Å². The molecule has 0 atom stereocenters. The maximum Gasteiger partial charge on any atom is 0.233 e. The van der Waals surface area contributed by atoms with Crippen LogP contribution in [0.5, 0.6) is 5.75 Å². The van der Waals surface area contributed by atoms with Crippen LogP contribution < -0.4 is 4.74 Å². The lowest BCUT2D eigenvalue weighted by Crippen LogP contribution is -2.36. The van der Waals surface area contributed by atoms with Gasteiger partial charge in [0, 0.05) is 18.5 Å². The quantitative estimate of drug-likeness (QED) is 0.858. The van der Waals surface area contributed by atoms with Crippen LogP contribution in [0.1, 0.15) is 23.6 Å². The van der Waals surface area contributed by atoms with Crippen molar-refractivity contribution in [2.45, 2.75) is 26.4 Å². The van der Waals surface area contributed by atoms with Crippen molar-refractivity contribution in [2.24, 2.45) is 0 Å². The van der Waals surface area contributed by atoms with Gasteiger partial charge in [-0.05, 0) is 47.4 Å². The smallest absolute Gasteiger partial charge is 0.233 e. The zero-order chi connectivity index (χ0) is 17.1. The Morgan fingerprint density at radius 1 is 1.21 bits per heavy atom. The molecule has 0 unspecified atom stereocenters. The van der Waals surface area contributed by atoms with Crippen LogP contribution in [0.3, 0.4) is 0 Å². The third-order valence-corrected chi connectivity index (χ3v) is 4.33. The van der Waals surface area contributed by atoms with Gasteiger partial charge in [-0.15, -0.1) is 0 Å². The second kappa shape index (κ2) is 7.05. The monoisotopic (exact) mass is 343 g/mol. The van der Waals surface area contributed by atoms with E-state index in [0.29, 0.717) is 24.6 Å². The Morgan fingerprint density at radius 3 is 2.79 bits per heavy atom. The Kier molecular flexibility index (Phi) is 4.86. The fourth-order valence-corrected chi connectivity index (χ4v) is 3.05. The van der Waals surface area contributed by atoms with E-state index in [1.165, 1.54) is 11.8 Å². The van der Waals surface area contributed by atoms with Crippen LogP contribution in [0.25, 0.3) is 0 Å². The lowest BCUT2D eigenvalue weighted by molar-refractivity contribution is -0.142. The first-order valence-corrected chi connectivity index (χ1v) is 8.21. The Balaban J connectivity index is 1.73. The number of imide groups is 1. The number of hydrogen-bond donors (Lipinski definition) is 0. The fourth-order valence-electron chi connectivity index (χ4n) is 2.84. The van der Waals surface area contributed by atoms with Crippen molar-refractivity contribution >= 4 is 23.4 Å². The van der Waals surface area contributed by atoms with Crippen molar-refractivity contribution in [3.8, 4) is 5.75 Å². The first-order valence-electron chi connectivity index (χ1n) is 7.83. The topological polar surface area (TPSA) is 46.6 Å². The molecule has 0 bridgehead atoms. The van der Waals surface area contributed by atoms with Crippen LogP contribution in [0.15, 0.2) is 42.5 Å². The largest absolute Gasteiger partial charge is 0.489 e. The molecule has 4 nitrogen and oxygen atoms in total. The van der Waals surface area contributed by atoms with E-state index in [-0.39, 0.29) is 18.2 Å². The van der Waals surface area contributed by atoms with Gasteiger partial charge in [-0.2, -0.15) is 0 Å². The summed E-state index contributed by atoms with van der Waals surface area (Å²) in [5.74, 6) is 0.400. The van der Waals surface area contributed by atoms with Crippen molar-refractivity contribution in [1.82, 2.24) is 4.90 Å². The third kappa shape index (κ3) is 3.77. The van der Waals surface area contributed by atoms with Gasteiger partial charge in [0.25, 0.3) is 0 Å². The Hall–Kier alpha value is -2.33. The number of hydrogen-bond acceptors (Lipinski definition) is 3. The molecule has 1 heterocycles. The number of fused-ring (bicyclic) bond motifs is 1. The molecule has 1 aliphatic rings. The van der Waals surface area contributed by atoms with E-state index in [9.17, 15) is 9.59 Å². The lowest BCUT2D eigenvalue weighted by atomic mass is 10.0. The van der Waals surface area contributed by atoms with Gasteiger partial charge in [-0.1, -0.05) is 29.8 Å². The average molecular weight is 344 g/mol. The number of ether oxygens (including phenoxy) is 1. The molecular formula is C19H18ClNO3. The molecule has 0 radical (unpaired) electrons. The van der Waals surface area contributed by atoms with Crippen molar-refractivity contribution in [3.63, 3.8) is 0 Å². The molecule has 2 aromatic carbocycles. The standard InChI is InChI=1S/C19H18ClNO3/c1-13(22)21-8-7-16-10-18(6-5-15(16)11-19(21)23)24-12-14-3-2-4-17(20)9-14/h2-6,9-10H,7-8,11-12H2,1H3. The number of nitrogens with zero attached hydrogens (tertiary/aromatic N) is 1. The van der Waals surface area contributed by atoms with Crippen LogP contribution in [0.2, 0.25) is 5.02 Å². The van der Waals surface area contributed by atoms with E-state index >= 15 is 0 Å². The normalized spacial score (nSPS) is 14.1. The first-order chi connectivity index (χ1) is 11.5. The molecule has 124 valence electrons. The van der Waals surface area contributed by atoms with E-state index < -0.39 is 0 Å². The average Bonchev–Trinajstić information content (AvgIpc) is 2.71. The minimum atomic E-state index is -0.203. The molecule has 0 saturated heterocycles. The summed E-state index contributed by atoms with van der Waals surface area (Å²) in [5.41, 5.74) is 3.00. The Labute approximate surface area is 146 Å². The van der Waals surface area contributed by atoms with E-state index in [0.717, 1.165) is 22.4 Å². The van der Waals surface area contributed by atoms with Gasteiger partial charge in [0.2, 0.25) is 11.8 Å². The van der Waals surface area contributed by atoms with Gasteiger partial charge in [0.15, 0.2) is 0 Å². The van der Waals surface area contributed by atoms with Gasteiger partial charge < -0.3 is 4.74 Å². The molecule has 0 aliphatic carbocycles. The molecule has 0 saturated carbocycles. The minimum Gasteiger partial charge on any atom is -0.489 e. The van der Waals surface area contributed by atoms with Crippen molar-refractivity contribution in [1.29, 1.82) is 0 Å². The summed E-state index contributed by atoms with van der Waals surface area (Å²) >= 11 is 5.97. The number of rotatable bonds is 3. The Morgan fingerprint density at radius 2 is 2.04 bits per heavy atom. The maximum atomic E-state index is 12.1. The van der Waals surface area contributed by atoms with Crippen LogP contribution in [-0.4, -0.2) is 23.3 Å². The van der Waals surface area contributed by atoms with E-state index in [2.05, 4.69) is 0 Å². The van der Waals surface area contributed by atoms with Gasteiger partial charge in [0.05, 0.1) is 6.42 Å². The van der Waals surface area contributed by atoms with Crippen molar-refractivity contribution in [3.05, 3.63) is 64.2 Å². The molecule has 0 N–H and O–H groups in total. The van der Waals surface area contributed by atoms with Crippen LogP contribution in [-0.2, 0) is 29.0 Å². The molecule has 24 heavy (non-hydrogen) atoms. The molecule has 2 amide bonds. The lowest BCUT2D eigenvalue weighted by Gasteiger charge is -2.15. The summed E-state index contributed by atoms with van der Waals surface area (Å²) < 4.78 is 5.83. The highest BCUT2D eigenvalue weighted by atomic mass is 35.5. The summed E-state index contributed by atoms with van der Waals surface area (Å²) in [4.78, 5) is 25.0. The summed E-state index contributed by atoms with van der Waals surface area (Å²) in [7, 11) is 0. The van der Waals surface area contributed by atoms with Crippen molar-refractivity contribution < 1.29 is 14.3 Å². The molecule has 3 rings (SSSR count). The molecule has 0 aromatic heterocycles. The number of carbonyl (C=O) groups is 2. The molecule has 0 fully saturated rings.